The van der Waals surface area contributed by atoms with Crippen molar-refractivity contribution in [2.45, 2.75) is 12.5 Å². The highest BCUT2D eigenvalue weighted by Gasteiger charge is 2.25. The molecule has 0 fully saturated rings. The maximum Gasteiger partial charge on any atom is 0.231 e. The molecule has 0 saturated heterocycles. The van der Waals surface area contributed by atoms with E-state index in [9.17, 15) is 17.2 Å². The Morgan fingerprint density at radius 3 is 2.33 bits per heavy atom. The smallest absolute Gasteiger partial charge is 0.231 e. The van der Waals surface area contributed by atoms with Gasteiger partial charge in [-0.05, 0) is 54.4 Å². The van der Waals surface area contributed by atoms with Crippen LogP contribution in [-0.2, 0) is 23.5 Å². The molecule has 0 saturated carbocycles. The first-order chi connectivity index (χ1) is 20.6. The second-order valence-corrected chi connectivity index (χ2v) is 12.5. The first kappa shape index (κ1) is 28.6. The van der Waals surface area contributed by atoms with Crippen molar-refractivity contribution in [1.82, 2.24) is 14.8 Å². The molecule has 1 atom stereocenters. The highest BCUT2D eigenvalue weighted by Crippen LogP contribution is 2.41. The van der Waals surface area contributed by atoms with Crippen molar-refractivity contribution >= 4 is 54.9 Å². The lowest BCUT2D eigenvalue weighted by atomic mass is 9.92. The van der Waals surface area contributed by atoms with Crippen molar-refractivity contribution < 1.29 is 17.2 Å². The Hall–Kier alpha value is -4.54. The van der Waals surface area contributed by atoms with Gasteiger partial charge in [0.05, 0.1) is 39.4 Å². The first-order valence-corrected chi connectivity index (χ1v) is 15.6. The molecule has 2 aromatic heterocycles. The number of benzene rings is 4. The summed E-state index contributed by atoms with van der Waals surface area (Å²) in [6.07, 6.45) is 1.26. The van der Waals surface area contributed by atoms with E-state index in [1.54, 1.807) is 17.8 Å². The number of fused-ring (bicyclic) bond motifs is 2. The van der Waals surface area contributed by atoms with Gasteiger partial charge in [0.2, 0.25) is 10.0 Å². The Kier molecular flexibility index (Phi) is 7.49. The van der Waals surface area contributed by atoms with Crippen molar-refractivity contribution in [2.75, 3.05) is 16.3 Å². The normalized spacial score (nSPS) is 12.5. The SMILES string of the molecule is Cn1nc(NS(C)(=O)=O)c2c(Cl)ccc(-c3cc4ccccc4nc3C(Cc3cc(F)cc(F)c3)Nc3ccccc3)c21. The van der Waals surface area contributed by atoms with Crippen LogP contribution in [0.3, 0.4) is 0 Å². The van der Waals surface area contributed by atoms with Crippen LogP contribution in [0.5, 0.6) is 0 Å². The summed E-state index contributed by atoms with van der Waals surface area (Å²) in [7, 11) is -1.94. The molecule has 2 heterocycles. The van der Waals surface area contributed by atoms with Crippen molar-refractivity contribution in [2.24, 2.45) is 7.05 Å². The van der Waals surface area contributed by atoms with Gasteiger partial charge in [-0.2, -0.15) is 5.10 Å². The molecule has 7 nitrogen and oxygen atoms in total. The lowest BCUT2D eigenvalue weighted by molar-refractivity contribution is 0.577. The summed E-state index contributed by atoms with van der Waals surface area (Å²) in [4.78, 5) is 5.09. The Morgan fingerprint density at radius 2 is 1.60 bits per heavy atom. The Labute approximate surface area is 252 Å². The summed E-state index contributed by atoms with van der Waals surface area (Å²) in [5.74, 6) is -1.22. The number of nitrogens with one attached hydrogen (secondary N) is 2. The molecule has 0 aliphatic heterocycles. The van der Waals surface area contributed by atoms with Crippen molar-refractivity contribution in [1.29, 1.82) is 0 Å². The summed E-state index contributed by atoms with van der Waals surface area (Å²) >= 11 is 6.62. The largest absolute Gasteiger partial charge is 0.376 e. The first-order valence-electron chi connectivity index (χ1n) is 13.4. The van der Waals surface area contributed by atoms with Gasteiger partial charge < -0.3 is 5.32 Å². The zero-order valence-corrected chi connectivity index (χ0v) is 24.7. The minimum atomic E-state index is -3.64. The molecule has 4 aromatic carbocycles. The quantitative estimate of drug-likeness (QED) is 0.185. The molecule has 11 heteroatoms. The summed E-state index contributed by atoms with van der Waals surface area (Å²) < 4.78 is 56.9. The number of anilines is 2. The lowest BCUT2D eigenvalue weighted by Gasteiger charge is -2.24. The number of nitrogens with zero attached hydrogens (tertiary/aromatic N) is 3. The number of hydrogen-bond donors (Lipinski definition) is 2. The summed E-state index contributed by atoms with van der Waals surface area (Å²) in [6, 6.07) is 25.6. The Bertz CT molecular complexity index is 2080. The second-order valence-electron chi connectivity index (χ2n) is 10.3. The predicted octanol–water partition coefficient (Wildman–Crippen LogP) is 7.49. The van der Waals surface area contributed by atoms with Crippen LogP contribution < -0.4 is 10.0 Å². The van der Waals surface area contributed by atoms with Crippen LogP contribution >= 0.6 is 11.6 Å². The van der Waals surface area contributed by atoms with Gasteiger partial charge in [0, 0.05) is 35.3 Å². The Morgan fingerprint density at radius 1 is 0.907 bits per heavy atom. The van der Waals surface area contributed by atoms with Crippen molar-refractivity contribution in [3.05, 3.63) is 119 Å². The van der Waals surface area contributed by atoms with E-state index in [4.69, 9.17) is 16.6 Å². The van der Waals surface area contributed by atoms with Crippen LogP contribution in [0.15, 0.2) is 91.0 Å². The number of sulfonamides is 1. The van der Waals surface area contributed by atoms with Gasteiger partial charge >= 0.3 is 0 Å². The fraction of sp³-hybridized carbons (Fsp3) is 0.125. The van der Waals surface area contributed by atoms with Gasteiger partial charge in [0.25, 0.3) is 0 Å². The molecule has 2 N–H and O–H groups in total. The second kappa shape index (κ2) is 11.3. The van der Waals surface area contributed by atoms with Crippen LogP contribution in [0.4, 0.5) is 20.3 Å². The zero-order valence-electron chi connectivity index (χ0n) is 23.1. The van der Waals surface area contributed by atoms with E-state index >= 15 is 0 Å². The van der Waals surface area contributed by atoms with Gasteiger partial charge in [-0.15, -0.1) is 0 Å². The number of pyridine rings is 1. The highest BCUT2D eigenvalue weighted by molar-refractivity contribution is 7.92. The zero-order chi connectivity index (χ0) is 30.3. The lowest BCUT2D eigenvalue weighted by Crippen LogP contribution is -2.17. The predicted molar refractivity (Wildman–Crippen MR) is 168 cm³/mol. The van der Waals surface area contributed by atoms with Crippen LogP contribution in [0, 0.1) is 11.6 Å². The van der Waals surface area contributed by atoms with E-state index < -0.39 is 27.7 Å². The fourth-order valence-electron chi connectivity index (χ4n) is 5.37. The van der Waals surface area contributed by atoms with Gasteiger partial charge in [-0.3, -0.25) is 9.40 Å². The van der Waals surface area contributed by atoms with Crippen LogP contribution in [0.2, 0.25) is 5.02 Å². The molecular weight excluding hydrogens is 592 g/mol. The monoisotopic (exact) mass is 617 g/mol. The third kappa shape index (κ3) is 6.02. The molecule has 0 aliphatic carbocycles. The minimum absolute atomic E-state index is 0.108. The van der Waals surface area contributed by atoms with Crippen LogP contribution in [-0.4, -0.2) is 29.4 Å². The third-order valence-corrected chi connectivity index (χ3v) is 7.95. The number of halogens is 3. The number of aryl methyl sites for hydroxylation is 1. The van der Waals surface area contributed by atoms with Gasteiger partial charge in [0.1, 0.15) is 11.6 Å². The fourth-order valence-corrected chi connectivity index (χ4v) is 6.11. The van der Waals surface area contributed by atoms with Gasteiger partial charge in [0.15, 0.2) is 5.82 Å². The maximum atomic E-state index is 14.3. The summed E-state index contributed by atoms with van der Waals surface area (Å²) in [6.45, 7) is 0. The molecule has 6 aromatic rings. The molecular formula is C32H26ClF2N5O2S. The highest BCUT2D eigenvalue weighted by atomic mass is 35.5. The minimum Gasteiger partial charge on any atom is -0.376 e. The molecule has 218 valence electrons. The van der Waals surface area contributed by atoms with Crippen molar-refractivity contribution in [3.8, 4) is 11.1 Å². The van der Waals surface area contributed by atoms with Crippen LogP contribution in [0.1, 0.15) is 17.3 Å². The topological polar surface area (TPSA) is 88.9 Å². The molecule has 43 heavy (non-hydrogen) atoms. The molecule has 6 rings (SSSR count). The number of hydrogen-bond acceptors (Lipinski definition) is 5. The standard InChI is InChI=1S/C32H26ClF2N5O2S/c1-40-31-24(12-13-26(33)29(31)32(38-40)39-43(2,41)42)25-17-20-8-6-7-11-27(20)37-30(25)28(36-23-9-4-3-5-10-23)16-19-14-21(34)18-22(35)15-19/h3-15,17-18,28,36H,16H2,1-2H3,(H,38,39). The van der Waals surface area contributed by atoms with Gasteiger partial charge in [-0.1, -0.05) is 54.1 Å². The van der Waals surface area contributed by atoms with E-state index in [0.29, 0.717) is 32.7 Å². The van der Waals surface area contributed by atoms with Crippen molar-refractivity contribution in [3.63, 3.8) is 0 Å². The summed E-state index contributed by atoms with van der Waals surface area (Å²) in [5, 5.41) is 9.59. The molecule has 0 amide bonds. The molecule has 0 aliphatic rings. The number of rotatable bonds is 8. The maximum absolute atomic E-state index is 14.3. The number of aromatic nitrogens is 3. The average molecular weight is 618 g/mol. The average Bonchev–Trinajstić information content (AvgIpc) is 3.27. The van der Waals surface area contributed by atoms with Crippen LogP contribution in [0.25, 0.3) is 32.9 Å². The van der Waals surface area contributed by atoms with E-state index in [1.807, 2.05) is 66.7 Å². The van der Waals surface area contributed by atoms with E-state index in [-0.39, 0.29) is 12.2 Å². The van der Waals surface area contributed by atoms with E-state index in [0.717, 1.165) is 34.5 Å². The molecule has 1 unspecified atom stereocenters. The van der Waals surface area contributed by atoms with Gasteiger partial charge in [-0.25, -0.2) is 22.2 Å². The van der Waals surface area contributed by atoms with E-state index in [1.165, 1.54) is 12.1 Å². The molecule has 0 radical (unpaired) electrons. The Balaban J connectivity index is 1.61. The molecule has 0 bridgehead atoms. The summed E-state index contributed by atoms with van der Waals surface area (Å²) in [5.41, 5.74) is 4.62. The number of para-hydroxylation sites is 2. The third-order valence-electron chi connectivity index (χ3n) is 7.07. The van der Waals surface area contributed by atoms with E-state index in [2.05, 4.69) is 15.1 Å². The molecule has 0 spiro atoms.